The van der Waals surface area contributed by atoms with Crippen molar-refractivity contribution in [3.63, 3.8) is 0 Å². The second-order valence-corrected chi connectivity index (χ2v) is 6.17. The largest absolute Gasteiger partial charge is 0.341 e. The van der Waals surface area contributed by atoms with Gasteiger partial charge in [0.2, 0.25) is 5.91 Å². The lowest BCUT2D eigenvalue weighted by atomic mass is 9.88. The van der Waals surface area contributed by atoms with Crippen molar-refractivity contribution in [2.75, 3.05) is 13.1 Å². The number of carbonyl (C=O) groups excluding carboxylic acids is 1. The van der Waals surface area contributed by atoms with Crippen LogP contribution >= 0.6 is 0 Å². The van der Waals surface area contributed by atoms with Crippen molar-refractivity contribution < 1.29 is 4.79 Å². The van der Waals surface area contributed by atoms with E-state index in [1.807, 2.05) is 4.90 Å². The molecule has 2 saturated carbocycles. The lowest BCUT2D eigenvalue weighted by Crippen LogP contribution is -2.38. The molecule has 3 rings (SSSR count). The highest BCUT2D eigenvalue weighted by molar-refractivity contribution is 5.80. The van der Waals surface area contributed by atoms with E-state index in [2.05, 4.69) is 6.92 Å². The predicted octanol–water partition coefficient (Wildman–Crippen LogP) is 1.23. The van der Waals surface area contributed by atoms with Gasteiger partial charge in [-0.2, -0.15) is 0 Å². The van der Waals surface area contributed by atoms with Gasteiger partial charge in [0.05, 0.1) is 0 Å². The number of nitrogens with two attached hydrogens (primary N) is 1. The first kappa shape index (κ1) is 10.6. The zero-order chi connectivity index (χ0) is 11.3. The molecule has 1 amide bonds. The van der Waals surface area contributed by atoms with Crippen molar-refractivity contribution >= 4 is 5.91 Å². The fraction of sp³-hybridized carbons (Fsp3) is 0.923. The summed E-state index contributed by atoms with van der Waals surface area (Å²) in [5.74, 6) is 2.78. The monoisotopic (exact) mass is 222 g/mol. The quantitative estimate of drug-likeness (QED) is 0.725. The smallest absolute Gasteiger partial charge is 0.226 e. The van der Waals surface area contributed by atoms with Crippen molar-refractivity contribution in [1.82, 2.24) is 4.90 Å². The minimum absolute atomic E-state index is 0.197. The maximum atomic E-state index is 12.4. The number of likely N-dealkylation sites (tertiary alicyclic amines) is 1. The Balaban J connectivity index is 1.66. The van der Waals surface area contributed by atoms with Crippen LogP contribution < -0.4 is 5.73 Å². The molecular formula is C13H22N2O. The number of hydrogen-bond donors (Lipinski definition) is 1. The van der Waals surface area contributed by atoms with Crippen LogP contribution in [0.1, 0.15) is 32.6 Å². The van der Waals surface area contributed by atoms with Gasteiger partial charge >= 0.3 is 0 Å². The van der Waals surface area contributed by atoms with Crippen LogP contribution in [0.2, 0.25) is 0 Å². The normalized spacial score (nSPS) is 46.6. The van der Waals surface area contributed by atoms with E-state index < -0.39 is 0 Å². The summed E-state index contributed by atoms with van der Waals surface area (Å²) in [6.45, 7) is 3.82. The maximum Gasteiger partial charge on any atom is 0.226 e. The molecular weight excluding hydrogens is 200 g/mol. The summed E-state index contributed by atoms with van der Waals surface area (Å²) in [6.07, 6.45) is 5.12. The second kappa shape index (κ2) is 3.73. The van der Waals surface area contributed by atoms with E-state index in [-0.39, 0.29) is 6.04 Å². The molecule has 1 saturated heterocycles. The van der Waals surface area contributed by atoms with Crippen LogP contribution in [-0.2, 0) is 4.79 Å². The topological polar surface area (TPSA) is 46.3 Å². The zero-order valence-electron chi connectivity index (χ0n) is 10.1. The van der Waals surface area contributed by atoms with Crippen LogP contribution in [0.25, 0.3) is 0 Å². The van der Waals surface area contributed by atoms with Gasteiger partial charge < -0.3 is 10.6 Å². The SMILES string of the molecule is CC1CN(C(=O)C2CC3CCC2C3)CC1N. The number of carbonyl (C=O) groups is 1. The molecule has 3 aliphatic rings. The second-order valence-electron chi connectivity index (χ2n) is 6.17. The molecule has 0 radical (unpaired) electrons. The summed E-state index contributed by atoms with van der Waals surface area (Å²) in [7, 11) is 0. The van der Waals surface area contributed by atoms with E-state index in [0.717, 1.165) is 25.4 Å². The van der Waals surface area contributed by atoms with Crippen molar-refractivity contribution in [1.29, 1.82) is 0 Å². The van der Waals surface area contributed by atoms with E-state index in [9.17, 15) is 4.79 Å². The fourth-order valence-electron chi connectivity index (χ4n) is 3.95. The average Bonchev–Trinajstić information content (AvgIpc) is 2.94. The zero-order valence-corrected chi connectivity index (χ0v) is 10.1. The molecule has 3 heteroatoms. The van der Waals surface area contributed by atoms with Gasteiger partial charge in [0.15, 0.2) is 0 Å². The summed E-state index contributed by atoms with van der Waals surface area (Å²) in [4.78, 5) is 14.4. The van der Waals surface area contributed by atoms with E-state index >= 15 is 0 Å². The van der Waals surface area contributed by atoms with E-state index in [1.165, 1.54) is 19.3 Å². The van der Waals surface area contributed by atoms with Gasteiger partial charge in [-0.3, -0.25) is 4.79 Å². The van der Waals surface area contributed by atoms with Crippen LogP contribution in [0.15, 0.2) is 0 Å². The first-order chi connectivity index (χ1) is 7.65. The maximum absolute atomic E-state index is 12.4. The van der Waals surface area contributed by atoms with Crippen LogP contribution in [0.4, 0.5) is 0 Å². The fourth-order valence-corrected chi connectivity index (χ4v) is 3.95. The molecule has 3 fully saturated rings. The van der Waals surface area contributed by atoms with Crippen LogP contribution in [0, 0.1) is 23.7 Å². The summed E-state index contributed by atoms with van der Waals surface area (Å²) < 4.78 is 0. The molecule has 0 spiro atoms. The summed E-state index contributed by atoms with van der Waals surface area (Å²) in [5.41, 5.74) is 5.99. The molecule has 3 nitrogen and oxygen atoms in total. The van der Waals surface area contributed by atoms with Crippen molar-refractivity contribution in [2.45, 2.75) is 38.6 Å². The van der Waals surface area contributed by atoms with Crippen LogP contribution in [-0.4, -0.2) is 29.9 Å². The molecule has 0 aromatic heterocycles. The van der Waals surface area contributed by atoms with E-state index in [1.54, 1.807) is 0 Å². The Morgan fingerprint density at radius 2 is 2.06 bits per heavy atom. The lowest BCUT2D eigenvalue weighted by Gasteiger charge is -2.26. The number of hydrogen-bond acceptors (Lipinski definition) is 2. The Morgan fingerprint density at radius 3 is 2.56 bits per heavy atom. The lowest BCUT2D eigenvalue weighted by molar-refractivity contribution is -0.136. The van der Waals surface area contributed by atoms with Crippen molar-refractivity contribution in [3.05, 3.63) is 0 Å². The van der Waals surface area contributed by atoms with E-state index in [0.29, 0.717) is 23.7 Å². The van der Waals surface area contributed by atoms with Crippen LogP contribution in [0.5, 0.6) is 0 Å². The minimum atomic E-state index is 0.197. The molecule has 90 valence electrons. The molecule has 5 atom stereocenters. The third-order valence-corrected chi connectivity index (χ3v) is 5.04. The third-order valence-electron chi connectivity index (χ3n) is 5.04. The highest BCUT2D eigenvalue weighted by atomic mass is 16.2. The van der Waals surface area contributed by atoms with Gasteiger partial charge in [-0.1, -0.05) is 13.3 Å². The highest BCUT2D eigenvalue weighted by Crippen LogP contribution is 2.49. The summed E-state index contributed by atoms with van der Waals surface area (Å²) in [6, 6.07) is 0.197. The predicted molar refractivity (Wildman–Crippen MR) is 62.7 cm³/mol. The molecule has 1 aliphatic heterocycles. The van der Waals surface area contributed by atoms with Crippen molar-refractivity contribution in [2.24, 2.45) is 29.4 Å². The standard InChI is InChI=1S/C13H22N2O/c1-8-6-15(7-12(8)14)13(16)11-5-9-2-3-10(11)4-9/h8-12H,2-7,14H2,1H3. The summed E-state index contributed by atoms with van der Waals surface area (Å²) in [5, 5.41) is 0. The first-order valence-electron chi connectivity index (χ1n) is 6.69. The van der Waals surface area contributed by atoms with E-state index in [4.69, 9.17) is 5.73 Å². The number of fused-ring (bicyclic) bond motifs is 2. The Labute approximate surface area is 97.4 Å². The molecule has 5 unspecified atom stereocenters. The Kier molecular flexibility index (Phi) is 2.46. The van der Waals surface area contributed by atoms with Crippen molar-refractivity contribution in [3.8, 4) is 0 Å². The molecule has 16 heavy (non-hydrogen) atoms. The Bertz CT molecular complexity index is 294. The number of nitrogens with zero attached hydrogens (tertiary/aromatic N) is 1. The third kappa shape index (κ3) is 1.56. The van der Waals surface area contributed by atoms with Gasteiger partial charge in [-0.15, -0.1) is 0 Å². The van der Waals surface area contributed by atoms with Gasteiger partial charge in [0.1, 0.15) is 0 Å². The molecule has 0 aromatic rings. The molecule has 2 N–H and O–H groups in total. The average molecular weight is 222 g/mol. The first-order valence-corrected chi connectivity index (χ1v) is 6.69. The van der Waals surface area contributed by atoms with Crippen LogP contribution in [0.3, 0.4) is 0 Å². The number of amides is 1. The minimum Gasteiger partial charge on any atom is -0.341 e. The summed E-state index contributed by atoms with van der Waals surface area (Å²) >= 11 is 0. The number of rotatable bonds is 1. The molecule has 0 aromatic carbocycles. The van der Waals surface area contributed by atoms with Gasteiger partial charge in [-0.25, -0.2) is 0 Å². The van der Waals surface area contributed by atoms with Gasteiger partial charge in [0.25, 0.3) is 0 Å². The van der Waals surface area contributed by atoms with Gasteiger partial charge in [-0.05, 0) is 37.0 Å². The van der Waals surface area contributed by atoms with Gasteiger partial charge in [0, 0.05) is 25.0 Å². The Morgan fingerprint density at radius 1 is 1.25 bits per heavy atom. The molecule has 2 aliphatic carbocycles. The Hall–Kier alpha value is -0.570. The molecule has 1 heterocycles. The highest BCUT2D eigenvalue weighted by Gasteiger charge is 2.45. The molecule has 2 bridgehead atoms.